The van der Waals surface area contributed by atoms with E-state index in [4.69, 9.17) is 5.73 Å². The maximum absolute atomic E-state index is 10.3. The molecule has 0 unspecified atom stereocenters. The second kappa shape index (κ2) is 3.91. The molecule has 0 saturated heterocycles. The van der Waals surface area contributed by atoms with Gasteiger partial charge in [-0.05, 0) is 23.9 Å². The highest BCUT2D eigenvalue weighted by Crippen LogP contribution is 2.14. The minimum atomic E-state index is -0.412. The van der Waals surface area contributed by atoms with E-state index in [1.54, 1.807) is 12.5 Å². The zero-order chi connectivity index (χ0) is 6.57. The molecule has 2 N–H and O–H groups in total. The largest absolute Gasteiger partial charge is 0.350 e. The van der Waals surface area contributed by atoms with Crippen molar-refractivity contribution in [3.63, 3.8) is 0 Å². The van der Waals surface area contributed by atoms with Crippen LogP contribution in [0.2, 0.25) is 0 Å². The Labute approximate surface area is 57.2 Å². The second-order valence-corrected chi connectivity index (χ2v) is 2.65. The summed E-state index contributed by atoms with van der Waals surface area (Å²) < 4.78 is 1.39. The van der Waals surface area contributed by atoms with Crippen LogP contribution in [0.25, 0.3) is 0 Å². The Bertz CT molecular complexity index is 83.4. The molecule has 0 aliphatic heterocycles. The molecule has 0 aliphatic rings. The number of amides is 2. The molecule has 0 aliphatic carbocycles. The Morgan fingerprint density at radius 1 is 1.50 bits per heavy atom. The molecule has 0 aromatic rings. The van der Waals surface area contributed by atoms with Crippen molar-refractivity contribution in [3.05, 3.63) is 0 Å². The third-order valence-corrected chi connectivity index (χ3v) is 2.43. The van der Waals surface area contributed by atoms with Crippen LogP contribution in [-0.2, 0) is 0 Å². The zero-order valence-corrected chi connectivity index (χ0v) is 6.38. The maximum Gasteiger partial charge on any atom is 0.335 e. The maximum atomic E-state index is 10.3. The van der Waals surface area contributed by atoms with Gasteiger partial charge in [0.2, 0.25) is 0 Å². The molecular formula is C3H8N2OS2. The molecule has 0 fully saturated rings. The van der Waals surface area contributed by atoms with Crippen LogP contribution in [0.5, 0.6) is 0 Å². The summed E-state index contributed by atoms with van der Waals surface area (Å²) in [6.07, 6.45) is 3.59. The molecule has 8 heavy (non-hydrogen) atoms. The van der Waals surface area contributed by atoms with Gasteiger partial charge < -0.3 is 5.73 Å². The molecule has 0 radical (unpaired) electrons. The summed E-state index contributed by atoms with van der Waals surface area (Å²) in [7, 11) is 0. The predicted molar refractivity (Wildman–Crippen MR) is 38.5 cm³/mol. The van der Waals surface area contributed by atoms with Gasteiger partial charge in [-0.1, -0.05) is 0 Å². The van der Waals surface area contributed by atoms with Crippen molar-refractivity contribution < 1.29 is 4.79 Å². The minimum Gasteiger partial charge on any atom is -0.350 e. The first-order valence-electron chi connectivity index (χ1n) is 1.90. The normalized spacial score (nSPS) is 8.75. The van der Waals surface area contributed by atoms with Crippen LogP contribution in [0, 0.1) is 0 Å². The molecule has 2 amide bonds. The molecular weight excluding hydrogens is 144 g/mol. The van der Waals surface area contributed by atoms with Gasteiger partial charge in [-0.15, -0.1) is 0 Å². The summed E-state index contributed by atoms with van der Waals surface area (Å²) in [6.45, 7) is 0. The highest BCUT2D eigenvalue weighted by atomic mass is 32.2. The van der Waals surface area contributed by atoms with Gasteiger partial charge in [-0.3, -0.25) is 0 Å². The van der Waals surface area contributed by atoms with Crippen LogP contribution in [-0.4, -0.2) is 22.3 Å². The van der Waals surface area contributed by atoms with Crippen molar-refractivity contribution in [1.82, 2.24) is 3.71 Å². The number of urea groups is 1. The number of carbonyl (C=O) groups is 1. The van der Waals surface area contributed by atoms with E-state index < -0.39 is 6.03 Å². The number of primary amides is 1. The molecule has 0 aromatic heterocycles. The minimum absolute atomic E-state index is 0.412. The average molecular weight is 152 g/mol. The van der Waals surface area contributed by atoms with Crippen LogP contribution in [0.15, 0.2) is 0 Å². The first-order chi connectivity index (χ1) is 3.72. The third kappa shape index (κ3) is 2.32. The first-order valence-corrected chi connectivity index (χ1v) is 4.26. The molecule has 0 saturated carbocycles. The molecule has 3 nitrogen and oxygen atoms in total. The van der Waals surface area contributed by atoms with Crippen molar-refractivity contribution in [3.8, 4) is 0 Å². The lowest BCUT2D eigenvalue weighted by Gasteiger charge is -2.10. The summed E-state index contributed by atoms with van der Waals surface area (Å²) >= 11 is 2.60. The fourth-order valence-corrected chi connectivity index (χ4v) is 1.21. The predicted octanol–water partition coefficient (Wildman–Crippen LogP) is 0.923. The highest BCUT2D eigenvalue weighted by molar-refractivity contribution is 8.12. The van der Waals surface area contributed by atoms with E-state index in [1.165, 1.54) is 27.6 Å². The van der Waals surface area contributed by atoms with Gasteiger partial charge in [0.05, 0.1) is 0 Å². The second-order valence-electron chi connectivity index (χ2n) is 0.960. The Hall–Kier alpha value is -0.0300. The molecule has 5 heteroatoms. The fourth-order valence-electron chi connectivity index (χ4n) is 0.254. The molecule has 0 heterocycles. The zero-order valence-electron chi connectivity index (χ0n) is 4.75. The molecule has 0 spiro atoms. The fraction of sp³-hybridized carbons (Fsp3) is 0.667. The summed E-state index contributed by atoms with van der Waals surface area (Å²) in [5.74, 6) is 0. The van der Waals surface area contributed by atoms with Crippen molar-refractivity contribution in [1.29, 1.82) is 0 Å². The quantitative estimate of drug-likeness (QED) is 0.598. The highest BCUT2D eigenvalue weighted by Gasteiger charge is 2.03. The van der Waals surface area contributed by atoms with Gasteiger partial charge in [0, 0.05) is 12.5 Å². The molecule has 48 valence electrons. The lowest BCUT2D eigenvalue weighted by molar-refractivity contribution is 0.247. The summed E-state index contributed by atoms with van der Waals surface area (Å²) in [6, 6.07) is -0.412. The van der Waals surface area contributed by atoms with Crippen LogP contribution >= 0.6 is 23.9 Å². The average Bonchev–Trinajstić information content (AvgIpc) is 1.69. The van der Waals surface area contributed by atoms with Crippen molar-refractivity contribution in [2.45, 2.75) is 0 Å². The van der Waals surface area contributed by atoms with E-state index in [-0.39, 0.29) is 0 Å². The Morgan fingerprint density at radius 2 is 1.88 bits per heavy atom. The molecule has 0 aromatic carbocycles. The number of rotatable bonds is 2. The van der Waals surface area contributed by atoms with Crippen LogP contribution < -0.4 is 5.73 Å². The summed E-state index contributed by atoms with van der Waals surface area (Å²) in [5.41, 5.74) is 4.90. The van der Waals surface area contributed by atoms with Crippen LogP contribution in [0.4, 0.5) is 4.79 Å². The standard InChI is InChI=1S/C3H8N2OS2/c1-7-5(8-2)3(4)6/h1-2H3,(H2,4,6). The van der Waals surface area contributed by atoms with E-state index in [1.807, 2.05) is 0 Å². The Kier molecular flexibility index (Phi) is 3.90. The van der Waals surface area contributed by atoms with Crippen LogP contribution in [0.1, 0.15) is 0 Å². The lowest BCUT2D eigenvalue weighted by Crippen LogP contribution is -2.23. The number of hydrogen-bond acceptors (Lipinski definition) is 3. The first kappa shape index (κ1) is 7.97. The molecule has 0 rings (SSSR count). The van der Waals surface area contributed by atoms with Gasteiger partial charge in [-0.25, -0.2) is 8.51 Å². The SMILES string of the molecule is CSN(SC)C(N)=O. The van der Waals surface area contributed by atoms with E-state index in [9.17, 15) is 4.79 Å². The topological polar surface area (TPSA) is 46.3 Å². The smallest absolute Gasteiger partial charge is 0.335 e. The van der Waals surface area contributed by atoms with Gasteiger partial charge >= 0.3 is 6.03 Å². The van der Waals surface area contributed by atoms with Crippen molar-refractivity contribution in [2.75, 3.05) is 12.5 Å². The third-order valence-electron chi connectivity index (χ3n) is 0.512. The van der Waals surface area contributed by atoms with Crippen molar-refractivity contribution in [2.24, 2.45) is 5.73 Å². The monoisotopic (exact) mass is 152 g/mol. The van der Waals surface area contributed by atoms with E-state index in [2.05, 4.69) is 0 Å². The van der Waals surface area contributed by atoms with Gasteiger partial charge in [-0.2, -0.15) is 0 Å². The number of carbonyl (C=O) groups excluding carboxylic acids is 1. The van der Waals surface area contributed by atoms with Gasteiger partial charge in [0.15, 0.2) is 0 Å². The van der Waals surface area contributed by atoms with Crippen molar-refractivity contribution >= 4 is 29.9 Å². The summed E-state index contributed by atoms with van der Waals surface area (Å²) in [5, 5.41) is 0. The molecule has 0 atom stereocenters. The van der Waals surface area contributed by atoms with Gasteiger partial charge in [0.1, 0.15) is 0 Å². The molecule has 0 bridgehead atoms. The Balaban J connectivity index is 3.52. The van der Waals surface area contributed by atoms with E-state index >= 15 is 0 Å². The van der Waals surface area contributed by atoms with E-state index in [0.29, 0.717) is 0 Å². The number of nitrogens with two attached hydrogens (primary N) is 1. The number of hydrogen-bond donors (Lipinski definition) is 1. The van der Waals surface area contributed by atoms with E-state index in [0.717, 1.165) is 0 Å². The Morgan fingerprint density at radius 3 is 1.88 bits per heavy atom. The van der Waals surface area contributed by atoms with Crippen LogP contribution in [0.3, 0.4) is 0 Å². The van der Waals surface area contributed by atoms with Gasteiger partial charge in [0.25, 0.3) is 0 Å². The lowest BCUT2D eigenvalue weighted by atomic mass is 11.2. The number of nitrogens with zero attached hydrogens (tertiary/aromatic N) is 1. The summed E-state index contributed by atoms with van der Waals surface area (Å²) in [4.78, 5) is 10.3.